The number of amides is 1. The van der Waals surface area contributed by atoms with Crippen LogP contribution in [0.5, 0.6) is 0 Å². The number of benzene rings is 3. The molecular formula is C24H24ClFN2O3S. The molecule has 0 unspecified atom stereocenters. The number of carbonyl (C=O) groups is 1. The molecule has 3 aromatic rings. The third-order valence-corrected chi connectivity index (χ3v) is 7.08. The van der Waals surface area contributed by atoms with Gasteiger partial charge < -0.3 is 5.32 Å². The smallest absolute Gasteiger partial charge is 0.264 e. The molecule has 0 bridgehead atoms. The van der Waals surface area contributed by atoms with Crippen LogP contribution >= 0.6 is 11.6 Å². The zero-order valence-corrected chi connectivity index (χ0v) is 19.5. The predicted octanol–water partition coefficient (Wildman–Crippen LogP) is 5.17. The molecule has 0 aliphatic rings. The minimum atomic E-state index is -4.03. The zero-order valence-electron chi connectivity index (χ0n) is 18.0. The molecule has 3 aromatic carbocycles. The molecule has 1 N–H and O–H groups in total. The lowest BCUT2D eigenvalue weighted by atomic mass is 10.1. The number of nitrogens with one attached hydrogen (secondary N) is 1. The molecule has 0 aromatic heterocycles. The van der Waals surface area contributed by atoms with E-state index in [2.05, 4.69) is 5.32 Å². The SMILES string of the molecule is Cc1ccc(S(=O)(=O)N(CC(=O)N[C@H](C)c2ccc(F)cc2)c2ccc(Cl)cc2C)cc1. The van der Waals surface area contributed by atoms with Gasteiger partial charge in [-0.2, -0.15) is 0 Å². The first-order valence-corrected chi connectivity index (χ1v) is 11.8. The number of sulfonamides is 1. The van der Waals surface area contributed by atoms with E-state index in [-0.39, 0.29) is 10.7 Å². The van der Waals surface area contributed by atoms with Gasteiger partial charge in [-0.3, -0.25) is 9.10 Å². The highest BCUT2D eigenvalue weighted by atomic mass is 35.5. The summed E-state index contributed by atoms with van der Waals surface area (Å²) in [4.78, 5) is 13.0. The molecule has 1 atom stereocenters. The molecule has 0 aliphatic heterocycles. The van der Waals surface area contributed by atoms with Crippen LogP contribution < -0.4 is 9.62 Å². The van der Waals surface area contributed by atoms with Gasteiger partial charge in [0.25, 0.3) is 10.0 Å². The minimum absolute atomic E-state index is 0.0804. The van der Waals surface area contributed by atoms with E-state index in [9.17, 15) is 17.6 Å². The fourth-order valence-electron chi connectivity index (χ4n) is 3.29. The Morgan fingerprint density at radius 1 is 1.03 bits per heavy atom. The van der Waals surface area contributed by atoms with Crippen molar-refractivity contribution in [1.82, 2.24) is 5.32 Å². The molecule has 0 saturated carbocycles. The number of halogens is 2. The van der Waals surface area contributed by atoms with Crippen LogP contribution in [0.1, 0.15) is 29.7 Å². The Kier molecular flexibility index (Phi) is 7.21. The largest absolute Gasteiger partial charge is 0.348 e. The van der Waals surface area contributed by atoms with Crippen LogP contribution in [-0.2, 0) is 14.8 Å². The summed E-state index contributed by atoms with van der Waals surface area (Å²) in [5.41, 5.74) is 2.60. The van der Waals surface area contributed by atoms with E-state index in [1.165, 1.54) is 24.3 Å². The molecule has 0 spiro atoms. The molecular weight excluding hydrogens is 451 g/mol. The number of nitrogens with zero attached hydrogens (tertiary/aromatic N) is 1. The van der Waals surface area contributed by atoms with E-state index >= 15 is 0 Å². The Bertz CT molecular complexity index is 1210. The van der Waals surface area contributed by atoms with Gasteiger partial charge in [-0.05, 0) is 74.4 Å². The summed E-state index contributed by atoms with van der Waals surface area (Å²) >= 11 is 6.05. The van der Waals surface area contributed by atoms with Gasteiger partial charge in [0.1, 0.15) is 12.4 Å². The maximum absolute atomic E-state index is 13.5. The first-order valence-electron chi connectivity index (χ1n) is 9.98. The monoisotopic (exact) mass is 474 g/mol. The molecule has 8 heteroatoms. The maximum Gasteiger partial charge on any atom is 0.264 e. The molecule has 0 fully saturated rings. The van der Waals surface area contributed by atoms with Gasteiger partial charge >= 0.3 is 0 Å². The van der Waals surface area contributed by atoms with Crippen LogP contribution in [0.15, 0.2) is 71.6 Å². The Balaban J connectivity index is 1.92. The van der Waals surface area contributed by atoms with Crippen molar-refractivity contribution < 1.29 is 17.6 Å². The molecule has 0 saturated heterocycles. The van der Waals surface area contributed by atoms with Crippen molar-refractivity contribution in [2.24, 2.45) is 0 Å². The van der Waals surface area contributed by atoms with E-state index < -0.39 is 28.5 Å². The Hall–Kier alpha value is -2.90. The van der Waals surface area contributed by atoms with Crippen molar-refractivity contribution >= 4 is 33.2 Å². The molecule has 0 heterocycles. The van der Waals surface area contributed by atoms with Gasteiger partial charge in [0.15, 0.2) is 0 Å². The lowest BCUT2D eigenvalue weighted by Crippen LogP contribution is -2.41. The van der Waals surface area contributed by atoms with Crippen LogP contribution in [0, 0.1) is 19.7 Å². The summed E-state index contributed by atoms with van der Waals surface area (Å²) < 4.78 is 41.2. The second kappa shape index (κ2) is 9.71. The number of anilines is 1. The van der Waals surface area contributed by atoms with Crippen molar-refractivity contribution in [2.75, 3.05) is 10.8 Å². The Morgan fingerprint density at radius 3 is 2.25 bits per heavy atom. The third-order valence-electron chi connectivity index (χ3n) is 5.07. The second-order valence-electron chi connectivity index (χ2n) is 7.60. The number of rotatable bonds is 7. The van der Waals surface area contributed by atoms with E-state index in [0.29, 0.717) is 21.8 Å². The molecule has 5 nitrogen and oxygen atoms in total. The maximum atomic E-state index is 13.5. The third kappa shape index (κ3) is 5.47. The molecule has 0 radical (unpaired) electrons. The van der Waals surface area contributed by atoms with Gasteiger partial charge in [0, 0.05) is 5.02 Å². The van der Waals surface area contributed by atoms with Gasteiger partial charge in [-0.25, -0.2) is 12.8 Å². The lowest BCUT2D eigenvalue weighted by Gasteiger charge is -2.26. The molecule has 168 valence electrons. The van der Waals surface area contributed by atoms with Crippen LogP contribution in [0.25, 0.3) is 0 Å². The summed E-state index contributed by atoms with van der Waals surface area (Å²) in [6.45, 7) is 4.92. The minimum Gasteiger partial charge on any atom is -0.348 e. The van der Waals surface area contributed by atoms with Crippen LogP contribution in [0.2, 0.25) is 5.02 Å². The number of hydrogen-bond donors (Lipinski definition) is 1. The Labute approximate surface area is 192 Å². The number of carbonyl (C=O) groups excluding carboxylic acids is 1. The van der Waals surface area contributed by atoms with Crippen LogP contribution in [0.3, 0.4) is 0 Å². The zero-order chi connectivity index (χ0) is 23.5. The Morgan fingerprint density at radius 2 is 1.66 bits per heavy atom. The van der Waals surface area contributed by atoms with Crippen molar-refractivity contribution in [3.8, 4) is 0 Å². The average molecular weight is 475 g/mol. The highest BCUT2D eigenvalue weighted by Gasteiger charge is 2.28. The van der Waals surface area contributed by atoms with E-state index in [4.69, 9.17) is 11.6 Å². The fourth-order valence-corrected chi connectivity index (χ4v) is 5.00. The van der Waals surface area contributed by atoms with E-state index in [1.54, 1.807) is 56.3 Å². The standard InChI is InChI=1S/C24H24ClFN2O3S/c1-16-4-11-22(12-5-16)32(30,31)28(23-13-8-20(25)14-17(23)2)15-24(29)27-18(3)19-6-9-21(26)10-7-19/h4-14,18H,15H2,1-3H3,(H,27,29)/t18-/m1/s1. The first-order chi connectivity index (χ1) is 15.1. The van der Waals surface area contributed by atoms with Crippen molar-refractivity contribution in [3.05, 3.63) is 94.3 Å². The highest BCUT2D eigenvalue weighted by molar-refractivity contribution is 7.92. The predicted molar refractivity (Wildman–Crippen MR) is 125 cm³/mol. The topological polar surface area (TPSA) is 66.5 Å². The van der Waals surface area contributed by atoms with Crippen LogP contribution in [0.4, 0.5) is 10.1 Å². The van der Waals surface area contributed by atoms with E-state index in [0.717, 1.165) is 9.87 Å². The number of aryl methyl sites for hydroxylation is 2. The number of hydrogen-bond acceptors (Lipinski definition) is 3. The first kappa shape index (κ1) is 23.8. The molecule has 32 heavy (non-hydrogen) atoms. The van der Waals surface area contributed by atoms with Crippen LogP contribution in [-0.4, -0.2) is 20.9 Å². The van der Waals surface area contributed by atoms with Gasteiger partial charge in [-0.1, -0.05) is 41.4 Å². The molecule has 3 rings (SSSR count). The molecule has 0 aliphatic carbocycles. The summed E-state index contributed by atoms with van der Waals surface area (Å²) in [5.74, 6) is -0.868. The van der Waals surface area contributed by atoms with Crippen molar-refractivity contribution in [3.63, 3.8) is 0 Å². The van der Waals surface area contributed by atoms with Gasteiger partial charge in [0.2, 0.25) is 5.91 Å². The van der Waals surface area contributed by atoms with Crippen molar-refractivity contribution in [1.29, 1.82) is 0 Å². The normalized spacial score (nSPS) is 12.3. The lowest BCUT2D eigenvalue weighted by molar-refractivity contribution is -0.120. The summed E-state index contributed by atoms with van der Waals surface area (Å²) in [5, 5.41) is 3.25. The summed E-state index contributed by atoms with van der Waals surface area (Å²) in [6, 6.07) is 16.6. The quantitative estimate of drug-likeness (QED) is 0.513. The highest BCUT2D eigenvalue weighted by Crippen LogP contribution is 2.29. The van der Waals surface area contributed by atoms with E-state index in [1.807, 2.05) is 6.92 Å². The molecule has 1 amide bonds. The van der Waals surface area contributed by atoms with Gasteiger partial charge in [0.05, 0.1) is 16.6 Å². The van der Waals surface area contributed by atoms with Gasteiger partial charge in [-0.15, -0.1) is 0 Å². The summed E-state index contributed by atoms with van der Waals surface area (Å²) in [6.07, 6.45) is 0. The average Bonchev–Trinajstić information content (AvgIpc) is 2.73. The summed E-state index contributed by atoms with van der Waals surface area (Å²) in [7, 11) is -4.03. The second-order valence-corrected chi connectivity index (χ2v) is 9.90. The van der Waals surface area contributed by atoms with Crippen molar-refractivity contribution in [2.45, 2.75) is 31.7 Å². The fraction of sp³-hybridized carbons (Fsp3) is 0.208.